The fraction of sp³-hybridized carbons (Fsp3) is 0.714. The van der Waals surface area contributed by atoms with Gasteiger partial charge in [-0.2, -0.15) is 0 Å². The smallest absolute Gasteiger partial charge is 0.00725 e. The van der Waals surface area contributed by atoms with E-state index in [-0.39, 0.29) is 0 Å². The minimum atomic E-state index is 0.292. The second kappa shape index (κ2) is 6.55. The summed E-state index contributed by atoms with van der Waals surface area (Å²) in [5, 5.41) is 0. The first-order valence-electron chi connectivity index (χ1n) is 8.94. The molecular weight excluding hydrogens is 252 g/mol. The Bertz CT molecular complexity index is 453. The summed E-state index contributed by atoms with van der Waals surface area (Å²) in [6.45, 7) is 14.4. The lowest BCUT2D eigenvalue weighted by atomic mass is 9.60. The lowest BCUT2D eigenvalue weighted by Gasteiger charge is -2.45. The second-order valence-electron chi connectivity index (χ2n) is 8.30. The molecule has 21 heavy (non-hydrogen) atoms. The molecule has 0 saturated heterocycles. The van der Waals surface area contributed by atoms with Crippen LogP contribution in [0, 0.1) is 17.8 Å². The first-order chi connectivity index (χ1) is 9.84. The molecule has 0 N–H and O–H groups in total. The topological polar surface area (TPSA) is 0 Å². The van der Waals surface area contributed by atoms with Crippen molar-refractivity contribution in [1.82, 2.24) is 0 Å². The van der Waals surface area contributed by atoms with E-state index in [9.17, 15) is 0 Å². The van der Waals surface area contributed by atoms with E-state index in [1.807, 2.05) is 0 Å². The van der Waals surface area contributed by atoms with Gasteiger partial charge in [-0.15, -0.1) is 0 Å². The van der Waals surface area contributed by atoms with E-state index in [0.717, 1.165) is 17.8 Å². The van der Waals surface area contributed by atoms with Crippen molar-refractivity contribution < 1.29 is 0 Å². The molecule has 1 aromatic rings. The predicted octanol–water partition coefficient (Wildman–Crippen LogP) is 6.55. The van der Waals surface area contributed by atoms with Crippen LogP contribution in [0.3, 0.4) is 0 Å². The van der Waals surface area contributed by atoms with Crippen LogP contribution in [-0.2, 0) is 5.41 Å². The van der Waals surface area contributed by atoms with Gasteiger partial charge in [0.05, 0.1) is 0 Å². The van der Waals surface area contributed by atoms with Gasteiger partial charge in [-0.3, -0.25) is 0 Å². The summed E-state index contributed by atoms with van der Waals surface area (Å²) in [7, 11) is 0. The number of rotatable bonds is 4. The van der Waals surface area contributed by atoms with Gasteiger partial charge in [-0.05, 0) is 53.1 Å². The van der Waals surface area contributed by atoms with E-state index >= 15 is 0 Å². The molecule has 0 heteroatoms. The van der Waals surface area contributed by atoms with Crippen LogP contribution in [0.1, 0.15) is 84.3 Å². The zero-order chi connectivity index (χ0) is 15.6. The molecule has 0 radical (unpaired) electrons. The van der Waals surface area contributed by atoms with Crippen molar-refractivity contribution in [2.24, 2.45) is 17.8 Å². The fourth-order valence-corrected chi connectivity index (χ4v) is 4.37. The highest BCUT2D eigenvalue weighted by Crippen LogP contribution is 2.46. The third-order valence-corrected chi connectivity index (χ3v) is 5.90. The van der Waals surface area contributed by atoms with Gasteiger partial charge in [-0.25, -0.2) is 0 Å². The Labute approximate surface area is 132 Å². The van der Waals surface area contributed by atoms with Crippen LogP contribution in [0.15, 0.2) is 24.3 Å². The van der Waals surface area contributed by atoms with Gasteiger partial charge < -0.3 is 0 Å². The van der Waals surface area contributed by atoms with E-state index in [1.54, 1.807) is 5.56 Å². The maximum absolute atomic E-state index is 2.48. The van der Waals surface area contributed by atoms with Crippen molar-refractivity contribution in [2.45, 2.75) is 78.6 Å². The number of hydrogen-bond donors (Lipinski definition) is 0. The zero-order valence-corrected chi connectivity index (χ0v) is 14.9. The van der Waals surface area contributed by atoms with Gasteiger partial charge in [-0.1, -0.05) is 78.6 Å². The van der Waals surface area contributed by atoms with Crippen LogP contribution in [0.25, 0.3) is 0 Å². The molecule has 1 saturated carbocycles. The maximum Gasteiger partial charge on any atom is -0.00725 e. The molecule has 1 aromatic carbocycles. The quantitative estimate of drug-likeness (QED) is 0.588. The average Bonchev–Trinajstić information content (AvgIpc) is 2.47. The Morgan fingerprint density at radius 3 is 2.29 bits per heavy atom. The fourth-order valence-electron chi connectivity index (χ4n) is 4.37. The summed E-state index contributed by atoms with van der Waals surface area (Å²) in [6, 6.07) is 9.37. The molecule has 2 unspecified atom stereocenters. The Balaban J connectivity index is 2.33. The van der Waals surface area contributed by atoms with Crippen LogP contribution < -0.4 is 0 Å². The van der Waals surface area contributed by atoms with Crippen molar-refractivity contribution in [1.29, 1.82) is 0 Å². The lowest BCUT2D eigenvalue weighted by molar-refractivity contribution is 0.112. The Morgan fingerprint density at radius 2 is 1.67 bits per heavy atom. The highest BCUT2D eigenvalue weighted by Gasteiger charge is 2.39. The summed E-state index contributed by atoms with van der Waals surface area (Å²) >= 11 is 0. The molecule has 1 aliphatic carbocycles. The SMILES string of the molecule is CC(C)c1cccc(C(C)(C)C2CCCCC2C(C)C)c1. The van der Waals surface area contributed by atoms with Gasteiger partial charge in [0.1, 0.15) is 0 Å². The standard InChI is InChI=1S/C21H34/c1-15(2)17-10-9-11-18(14-17)21(5,6)20-13-8-7-12-19(20)16(3)4/h9-11,14-16,19-20H,7-8,12-13H2,1-6H3. The van der Waals surface area contributed by atoms with Crippen LogP contribution >= 0.6 is 0 Å². The summed E-state index contributed by atoms with van der Waals surface area (Å²) in [5.41, 5.74) is 3.32. The van der Waals surface area contributed by atoms with Crippen LogP contribution in [0.2, 0.25) is 0 Å². The van der Waals surface area contributed by atoms with E-state index in [2.05, 4.69) is 65.8 Å². The molecular formula is C21H34. The van der Waals surface area contributed by atoms with Gasteiger partial charge in [0, 0.05) is 0 Å². The number of benzene rings is 1. The summed E-state index contributed by atoms with van der Waals surface area (Å²) in [5.74, 6) is 3.14. The number of hydrogen-bond acceptors (Lipinski definition) is 0. The predicted molar refractivity (Wildman–Crippen MR) is 93.8 cm³/mol. The summed E-state index contributed by atoms with van der Waals surface area (Å²) in [6.07, 6.45) is 5.68. The summed E-state index contributed by atoms with van der Waals surface area (Å²) in [4.78, 5) is 0. The molecule has 1 aliphatic rings. The van der Waals surface area contributed by atoms with Crippen molar-refractivity contribution >= 4 is 0 Å². The third kappa shape index (κ3) is 3.52. The molecule has 118 valence electrons. The molecule has 0 aliphatic heterocycles. The van der Waals surface area contributed by atoms with Crippen LogP contribution in [0.5, 0.6) is 0 Å². The zero-order valence-electron chi connectivity index (χ0n) is 14.9. The minimum Gasteiger partial charge on any atom is -0.0625 e. The first kappa shape index (κ1) is 16.6. The van der Waals surface area contributed by atoms with Crippen molar-refractivity contribution in [3.8, 4) is 0 Å². The molecule has 1 fully saturated rings. The highest BCUT2D eigenvalue weighted by molar-refractivity contribution is 5.31. The van der Waals surface area contributed by atoms with Crippen molar-refractivity contribution in [2.75, 3.05) is 0 Å². The van der Waals surface area contributed by atoms with Gasteiger partial charge in [0.2, 0.25) is 0 Å². The largest absolute Gasteiger partial charge is 0.0625 e. The Kier molecular flexibility index (Phi) is 5.17. The summed E-state index contributed by atoms with van der Waals surface area (Å²) < 4.78 is 0. The monoisotopic (exact) mass is 286 g/mol. The molecule has 0 heterocycles. The van der Waals surface area contributed by atoms with Crippen LogP contribution in [0.4, 0.5) is 0 Å². The minimum absolute atomic E-state index is 0.292. The molecule has 0 aromatic heterocycles. The van der Waals surface area contributed by atoms with E-state index < -0.39 is 0 Å². The Hall–Kier alpha value is -0.780. The third-order valence-electron chi connectivity index (χ3n) is 5.90. The van der Waals surface area contributed by atoms with E-state index in [4.69, 9.17) is 0 Å². The molecule has 0 nitrogen and oxygen atoms in total. The van der Waals surface area contributed by atoms with Gasteiger partial charge in [0.15, 0.2) is 0 Å². The maximum atomic E-state index is 2.48. The molecule has 2 rings (SSSR count). The van der Waals surface area contributed by atoms with E-state index in [1.165, 1.54) is 31.2 Å². The normalized spacial score (nSPS) is 23.8. The molecule has 0 spiro atoms. The van der Waals surface area contributed by atoms with Crippen molar-refractivity contribution in [3.05, 3.63) is 35.4 Å². The Morgan fingerprint density at radius 1 is 1.00 bits per heavy atom. The first-order valence-corrected chi connectivity index (χ1v) is 8.94. The van der Waals surface area contributed by atoms with Gasteiger partial charge >= 0.3 is 0 Å². The van der Waals surface area contributed by atoms with Gasteiger partial charge in [0.25, 0.3) is 0 Å². The highest BCUT2D eigenvalue weighted by atomic mass is 14.4. The van der Waals surface area contributed by atoms with E-state index in [0.29, 0.717) is 11.3 Å². The molecule has 2 atom stereocenters. The second-order valence-corrected chi connectivity index (χ2v) is 8.30. The van der Waals surface area contributed by atoms with Crippen LogP contribution in [-0.4, -0.2) is 0 Å². The lowest BCUT2D eigenvalue weighted by Crippen LogP contribution is -2.38. The van der Waals surface area contributed by atoms with Crippen molar-refractivity contribution in [3.63, 3.8) is 0 Å². The molecule has 0 bridgehead atoms. The average molecular weight is 287 g/mol. The molecule has 0 amide bonds.